The average Bonchev–Trinajstić information content (AvgIpc) is 3.28. The lowest BCUT2D eigenvalue weighted by atomic mass is 9.89. The summed E-state index contributed by atoms with van der Waals surface area (Å²) in [4.78, 5) is 60.2. The lowest BCUT2D eigenvalue weighted by Crippen LogP contribution is -2.62. The van der Waals surface area contributed by atoms with Crippen molar-refractivity contribution in [2.45, 2.75) is 37.8 Å². The van der Waals surface area contributed by atoms with Crippen LogP contribution < -0.4 is 10.3 Å². The molecule has 0 radical (unpaired) electrons. The number of pyridine rings is 1. The minimum Gasteiger partial charge on any atom is -0.478 e. The Bertz CT molecular complexity index is 1320. The number of Topliss-reactive ketones (excluding diaryl/α,β-unsaturated/α-hetero) is 1. The molecular weight excluding hydrogens is 522 g/mol. The first-order valence-electron chi connectivity index (χ1n) is 11.1. The Morgan fingerprint density at radius 3 is 2.57 bits per heavy atom. The first kappa shape index (κ1) is 26.3. The zero-order valence-electron chi connectivity index (χ0n) is 19.9. The van der Waals surface area contributed by atoms with E-state index >= 15 is 0 Å². The molecule has 1 fully saturated rings. The van der Waals surface area contributed by atoms with E-state index in [1.54, 1.807) is 0 Å². The van der Waals surface area contributed by atoms with Crippen LogP contribution in [-0.2, 0) is 30.6 Å². The largest absolute Gasteiger partial charge is 0.478 e. The zero-order chi connectivity index (χ0) is 26.9. The molecular formula is C23H24N5O7S2+. The van der Waals surface area contributed by atoms with Crippen LogP contribution in [0.5, 0.6) is 0 Å². The Labute approximate surface area is 219 Å². The third kappa shape index (κ3) is 5.34. The number of thiazole rings is 1. The van der Waals surface area contributed by atoms with Gasteiger partial charge in [0.05, 0.1) is 11.3 Å². The van der Waals surface area contributed by atoms with Crippen LogP contribution in [0.1, 0.15) is 26.0 Å². The molecule has 2 unspecified atom stereocenters. The summed E-state index contributed by atoms with van der Waals surface area (Å²) in [5.74, 6) is -3.99. The number of thioether (sulfide) groups is 1. The molecule has 0 spiro atoms. The highest BCUT2D eigenvalue weighted by Crippen LogP contribution is 2.45. The number of hydrogen-bond acceptors (Lipinski definition) is 10. The van der Waals surface area contributed by atoms with Crippen molar-refractivity contribution in [1.29, 1.82) is 0 Å². The number of fused-ring (bicyclic) bond motifs is 1. The van der Waals surface area contributed by atoms with E-state index < -0.39 is 40.5 Å². The van der Waals surface area contributed by atoms with Gasteiger partial charge in [0, 0.05) is 35.3 Å². The first-order chi connectivity index (χ1) is 17.5. The number of hydrogen-bond donors (Lipinski definition) is 3. The van der Waals surface area contributed by atoms with E-state index in [4.69, 9.17) is 10.6 Å². The third-order valence-electron chi connectivity index (χ3n) is 5.82. The molecule has 4 N–H and O–H groups in total. The van der Waals surface area contributed by atoms with Crippen LogP contribution in [0.2, 0.25) is 0 Å². The minimum absolute atomic E-state index is 0.0680. The number of nitrogens with two attached hydrogens (primary N) is 1. The average molecular weight is 547 g/mol. The van der Waals surface area contributed by atoms with Gasteiger partial charge >= 0.3 is 11.9 Å². The van der Waals surface area contributed by atoms with Crippen LogP contribution in [-0.4, -0.2) is 66.2 Å². The monoisotopic (exact) mass is 546 g/mol. The topological polar surface area (TPSA) is 176 Å². The Balaban J connectivity index is 1.55. The summed E-state index contributed by atoms with van der Waals surface area (Å²) in [6, 6.07) is 5.50. The molecule has 37 heavy (non-hydrogen) atoms. The van der Waals surface area contributed by atoms with E-state index in [-0.39, 0.29) is 28.7 Å². The van der Waals surface area contributed by atoms with Gasteiger partial charge in [-0.15, -0.1) is 23.1 Å². The highest BCUT2D eigenvalue weighted by atomic mass is 32.2. The number of nitrogen functional groups attached to an aromatic ring is 1. The second-order valence-corrected chi connectivity index (χ2v) is 10.9. The maximum Gasteiger partial charge on any atom is 0.352 e. The van der Waals surface area contributed by atoms with E-state index in [1.165, 1.54) is 35.9 Å². The van der Waals surface area contributed by atoms with Crippen LogP contribution >= 0.6 is 23.1 Å². The van der Waals surface area contributed by atoms with Gasteiger partial charge in [0.15, 0.2) is 35.6 Å². The van der Waals surface area contributed by atoms with E-state index in [0.717, 1.165) is 11.3 Å². The molecule has 4 heterocycles. The predicted molar refractivity (Wildman–Crippen MR) is 133 cm³/mol. The molecule has 2 aromatic heterocycles. The summed E-state index contributed by atoms with van der Waals surface area (Å²) in [5, 5.41) is 24.1. The number of rotatable bonds is 10. The summed E-state index contributed by atoms with van der Waals surface area (Å²) < 4.78 is 1.82. The van der Waals surface area contributed by atoms with Crippen LogP contribution in [0.15, 0.2) is 52.4 Å². The Morgan fingerprint density at radius 1 is 1.27 bits per heavy atom. The molecule has 2 aliphatic heterocycles. The number of oxime groups is 1. The number of carboxylic acids is 2. The number of anilines is 1. The molecule has 1 amide bonds. The molecule has 4 rings (SSSR count). The molecule has 2 aliphatic rings. The number of carbonyl (C=O) groups is 4. The van der Waals surface area contributed by atoms with Crippen molar-refractivity contribution < 1.29 is 38.8 Å². The fourth-order valence-corrected chi connectivity index (χ4v) is 5.78. The summed E-state index contributed by atoms with van der Waals surface area (Å²) in [6.45, 7) is 2.86. The van der Waals surface area contributed by atoms with E-state index in [2.05, 4.69) is 10.1 Å². The Kier molecular flexibility index (Phi) is 7.32. The summed E-state index contributed by atoms with van der Waals surface area (Å²) in [5.41, 5.74) is 4.33. The molecule has 0 saturated carbocycles. The smallest absolute Gasteiger partial charge is 0.352 e. The number of β-lactam (4-membered cyclic amide) rings is 1. The number of ketones is 1. The van der Waals surface area contributed by atoms with Gasteiger partial charge in [0.2, 0.25) is 11.5 Å². The van der Waals surface area contributed by atoms with E-state index in [1.807, 2.05) is 35.2 Å². The Morgan fingerprint density at radius 2 is 1.97 bits per heavy atom. The summed E-state index contributed by atoms with van der Waals surface area (Å²) >= 11 is 2.45. The van der Waals surface area contributed by atoms with Crippen LogP contribution in [0, 0.1) is 5.92 Å². The second kappa shape index (κ2) is 10.3. The highest BCUT2D eigenvalue weighted by Gasteiger charge is 2.54. The lowest BCUT2D eigenvalue weighted by molar-refractivity contribution is -0.689. The number of amides is 1. The number of carboxylic acid groups (broad SMARTS) is 2. The van der Waals surface area contributed by atoms with Crippen molar-refractivity contribution in [3.63, 3.8) is 0 Å². The standard InChI is InChI=1S/C23H23N5O7S2/c1-23(2,21(33)34)35-26-16(14-11-37-22(24)25-14)15(29)8-13-18(30)28-17(20(31)32)12(10-36-19(13)28)9-27-6-4-3-5-7-27/h3-7,11,13,19H,8-10H2,1-2H3,(H3-,24,25,31,32,33,34)/p+1/b26-16+. The minimum atomic E-state index is -1.72. The van der Waals surface area contributed by atoms with Crippen molar-refractivity contribution in [3.05, 3.63) is 52.9 Å². The van der Waals surface area contributed by atoms with Crippen LogP contribution in [0.4, 0.5) is 5.13 Å². The van der Waals surface area contributed by atoms with Crippen molar-refractivity contribution in [2.75, 3.05) is 11.5 Å². The fourth-order valence-electron chi connectivity index (χ4n) is 3.83. The van der Waals surface area contributed by atoms with Gasteiger partial charge in [0.1, 0.15) is 11.4 Å². The van der Waals surface area contributed by atoms with Gasteiger partial charge in [-0.25, -0.2) is 19.1 Å². The maximum atomic E-state index is 13.2. The highest BCUT2D eigenvalue weighted by molar-refractivity contribution is 8.00. The first-order valence-corrected chi connectivity index (χ1v) is 13.0. The fraction of sp³-hybridized carbons (Fsp3) is 0.348. The summed E-state index contributed by atoms with van der Waals surface area (Å²) in [6.07, 6.45) is 3.33. The molecule has 0 bridgehead atoms. The molecule has 194 valence electrons. The van der Waals surface area contributed by atoms with Crippen molar-refractivity contribution >= 4 is 57.6 Å². The van der Waals surface area contributed by atoms with Crippen molar-refractivity contribution in [2.24, 2.45) is 11.1 Å². The summed E-state index contributed by atoms with van der Waals surface area (Å²) in [7, 11) is 0. The van der Waals surface area contributed by atoms with Crippen molar-refractivity contribution in [1.82, 2.24) is 9.88 Å². The van der Waals surface area contributed by atoms with Gasteiger partial charge < -0.3 is 20.8 Å². The second-order valence-electron chi connectivity index (χ2n) is 8.87. The maximum absolute atomic E-state index is 13.2. The molecule has 2 aromatic rings. The third-order valence-corrected chi connectivity index (χ3v) is 7.89. The van der Waals surface area contributed by atoms with Crippen molar-refractivity contribution in [3.8, 4) is 0 Å². The number of aliphatic carboxylic acids is 2. The SMILES string of the molecule is CC(C)(O/N=C(/C(=O)CC1C(=O)N2C(C(=O)O)=C(C[n+]3ccccc3)CSC12)c1csc(N)n1)C(=O)O. The quantitative estimate of drug-likeness (QED) is 0.169. The molecule has 2 atom stereocenters. The molecule has 1 saturated heterocycles. The van der Waals surface area contributed by atoms with E-state index in [9.17, 15) is 29.4 Å². The van der Waals surface area contributed by atoms with Gasteiger partial charge in [-0.05, 0) is 13.8 Å². The number of carbonyl (C=O) groups excluding carboxylic acids is 2. The Hall–Kier alpha value is -3.78. The number of nitrogens with zero attached hydrogens (tertiary/aromatic N) is 4. The van der Waals surface area contributed by atoms with Gasteiger partial charge in [0.25, 0.3) is 0 Å². The molecule has 0 aliphatic carbocycles. The van der Waals surface area contributed by atoms with Crippen LogP contribution in [0.25, 0.3) is 0 Å². The molecule has 14 heteroatoms. The molecule has 12 nitrogen and oxygen atoms in total. The van der Waals surface area contributed by atoms with Gasteiger partial charge in [-0.1, -0.05) is 11.2 Å². The van der Waals surface area contributed by atoms with Gasteiger partial charge in [-0.2, -0.15) is 0 Å². The van der Waals surface area contributed by atoms with E-state index in [0.29, 0.717) is 17.9 Å². The predicted octanol–water partition coefficient (Wildman–Crippen LogP) is 1.13. The van der Waals surface area contributed by atoms with Crippen LogP contribution in [0.3, 0.4) is 0 Å². The van der Waals surface area contributed by atoms with Gasteiger partial charge in [-0.3, -0.25) is 14.5 Å². The number of aromatic nitrogens is 2. The molecule has 0 aromatic carbocycles. The normalized spacial score (nSPS) is 19.8. The lowest BCUT2D eigenvalue weighted by Gasteiger charge is -2.49. The zero-order valence-corrected chi connectivity index (χ0v) is 21.5.